The van der Waals surface area contributed by atoms with Gasteiger partial charge >= 0.3 is 0 Å². The van der Waals surface area contributed by atoms with Crippen molar-refractivity contribution in [3.05, 3.63) is 11.4 Å². The molecule has 0 aliphatic carbocycles. The van der Waals surface area contributed by atoms with Crippen LogP contribution in [0.2, 0.25) is 0 Å². The van der Waals surface area contributed by atoms with Crippen LogP contribution in [-0.2, 0) is 10.9 Å². The van der Waals surface area contributed by atoms with E-state index in [0.717, 1.165) is 0 Å². The van der Waals surface area contributed by atoms with E-state index >= 15 is 0 Å². The lowest BCUT2D eigenvalue weighted by molar-refractivity contribution is 0.580. The fourth-order valence-corrected chi connectivity index (χ4v) is 2.05. The maximum Gasteiger partial charge on any atom is 0.228 e. The molecule has 0 bridgehead atoms. The van der Waals surface area contributed by atoms with E-state index in [0.29, 0.717) is 17.9 Å². The Morgan fingerprint density at radius 2 is 1.71 bits per heavy atom. The summed E-state index contributed by atoms with van der Waals surface area (Å²) in [5.41, 5.74) is 1.06. The molecule has 0 amide bonds. The Bertz CT molecular complexity index is 394. The minimum Gasteiger partial charge on any atom is -0.246 e. The molecular formula is C9H12Cl5N3. The Kier molecular flexibility index (Phi) is 4.88. The summed E-state index contributed by atoms with van der Waals surface area (Å²) in [5, 5.41) is 7.99. The highest BCUT2D eigenvalue weighted by Crippen LogP contribution is 2.53. The molecule has 0 radical (unpaired) electrons. The van der Waals surface area contributed by atoms with E-state index in [1.807, 2.05) is 20.8 Å². The molecule has 0 saturated heterocycles. The third-order valence-electron chi connectivity index (χ3n) is 2.26. The second kappa shape index (κ2) is 5.30. The Balaban J connectivity index is 3.42. The summed E-state index contributed by atoms with van der Waals surface area (Å²) in [6.45, 7) is 6.30. The van der Waals surface area contributed by atoms with Crippen LogP contribution >= 0.6 is 58.0 Å². The minimum atomic E-state index is -1.87. The highest BCUT2D eigenvalue weighted by atomic mass is 35.6. The number of alkyl halides is 5. The van der Waals surface area contributed by atoms with Crippen LogP contribution in [0.5, 0.6) is 0 Å². The van der Waals surface area contributed by atoms with Crippen molar-refractivity contribution in [1.82, 2.24) is 15.0 Å². The summed E-state index contributed by atoms with van der Waals surface area (Å²) in [5.74, 6) is 0.0783. The van der Waals surface area contributed by atoms with Crippen molar-refractivity contribution in [2.75, 3.05) is 0 Å². The SMILES string of the molecule is CCn1nnc(C(C)C)c1C(Cl)(Cl)C(Cl)(Cl)Cl. The first-order valence-corrected chi connectivity index (χ1v) is 6.90. The molecule has 0 unspecified atom stereocenters. The van der Waals surface area contributed by atoms with Crippen molar-refractivity contribution >= 4 is 58.0 Å². The number of aromatic nitrogens is 3. The van der Waals surface area contributed by atoms with Crippen LogP contribution in [0, 0.1) is 0 Å². The van der Waals surface area contributed by atoms with Crippen molar-refractivity contribution in [1.29, 1.82) is 0 Å². The van der Waals surface area contributed by atoms with E-state index in [4.69, 9.17) is 58.0 Å². The van der Waals surface area contributed by atoms with Gasteiger partial charge in [0.25, 0.3) is 0 Å². The second-order valence-electron chi connectivity index (χ2n) is 3.87. The molecule has 0 fully saturated rings. The van der Waals surface area contributed by atoms with Gasteiger partial charge in [0.15, 0.2) is 0 Å². The molecule has 0 atom stereocenters. The van der Waals surface area contributed by atoms with E-state index in [1.165, 1.54) is 4.68 Å². The first kappa shape index (κ1) is 15.6. The van der Waals surface area contributed by atoms with Crippen molar-refractivity contribution in [3.63, 3.8) is 0 Å². The number of hydrogen-bond donors (Lipinski definition) is 0. The third kappa shape index (κ3) is 2.95. The van der Waals surface area contributed by atoms with Crippen LogP contribution in [-0.4, -0.2) is 18.8 Å². The Morgan fingerprint density at radius 3 is 2.06 bits per heavy atom. The van der Waals surface area contributed by atoms with Crippen molar-refractivity contribution in [2.45, 2.75) is 41.4 Å². The molecule has 0 saturated carbocycles. The summed E-state index contributed by atoms with van der Waals surface area (Å²) >= 11 is 29.8. The molecule has 98 valence electrons. The fourth-order valence-electron chi connectivity index (χ4n) is 1.39. The quantitative estimate of drug-likeness (QED) is 0.763. The molecule has 0 N–H and O–H groups in total. The first-order valence-electron chi connectivity index (χ1n) is 5.01. The molecule has 3 nitrogen and oxygen atoms in total. The predicted molar refractivity (Wildman–Crippen MR) is 73.5 cm³/mol. The zero-order valence-corrected chi connectivity index (χ0v) is 13.3. The van der Waals surface area contributed by atoms with Crippen LogP contribution in [0.15, 0.2) is 0 Å². The van der Waals surface area contributed by atoms with Crippen LogP contribution in [0.1, 0.15) is 38.1 Å². The molecule has 1 aromatic heterocycles. The van der Waals surface area contributed by atoms with E-state index in [1.54, 1.807) is 0 Å². The van der Waals surface area contributed by atoms with Gasteiger partial charge in [0, 0.05) is 6.54 Å². The van der Waals surface area contributed by atoms with Gasteiger partial charge in [0.1, 0.15) is 5.69 Å². The van der Waals surface area contributed by atoms with Gasteiger partial charge in [-0.05, 0) is 12.8 Å². The van der Waals surface area contributed by atoms with Gasteiger partial charge in [0.05, 0.1) is 5.69 Å². The summed E-state index contributed by atoms with van der Waals surface area (Å²) < 4.78 is -2.03. The second-order valence-corrected chi connectivity index (χ2v) is 7.47. The van der Waals surface area contributed by atoms with Crippen LogP contribution in [0.25, 0.3) is 0 Å². The third-order valence-corrected chi connectivity index (χ3v) is 4.62. The molecule has 0 aliphatic rings. The van der Waals surface area contributed by atoms with Gasteiger partial charge in [-0.1, -0.05) is 77.1 Å². The topological polar surface area (TPSA) is 30.7 Å². The van der Waals surface area contributed by atoms with E-state index in [2.05, 4.69) is 10.3 Å². The lowest BCUT2D eigenvalue weighted by atomic mass is 10.1. The number of aryl methyl sites for hydroxylation is 1. The summed E-state index contributed by atoms with van der Waals surface area (Å²) in [4.78, 5) is 0. The predicted octanol–water partition coefficient (Wildman–Crippen LogP) is 4.42. The number of halogens is 5. The average molecular weight is 339 g/mol. The summed E-state index contributed by atoms with van der Waals surface area (Å²) in [6.07, 6.45) is 0. The highest BCUT2D eigenvalue weighted by molar-refractivity contribution is 6.75. The standard InChI is InChI=1S/C9H12Cl5N3/c1-4-17-7(6(5(2)3)15-16-17)8(10,11)9(12,13)14/h5H,4H2,1-3H3. The number of nitrogens with zero attached hydrogens (tertiary/aromatic N) is 3. The average Bonchev–Trinajstić information content (AvgIpc) is 2.59. The lowest BCUT2D eigenvalue weighted by Crippen LogP contribution is -2.32. The van der Waals surface area contributed by atoms with Gasteiger partial charge in [-0.3, -0.25) is 0 Å². The van der Waals surface area contributed by atoms with Crippen molar-refractivity contribution in [3.8, 4) is 0 Å². The van der Waals surface area contributed by atoms with E-state index < -0.39 is 8.13 Å². The minimum absolute atomic E-state index is 0.0783. The molecule has 17 heavy (non-hydrogen) atoms. The normalized spacial score (nSPS) is 13.5. The van der Waals surface area contributed by atoms with Crippen molar-refractivity contribution in [2.24, 2.45) is 0 Å². The van der Waals surface area contributed by atoms with Crippen LogP contribution < -0.4 is 0 Å². The first-order chi connectivity index (χ1) is 7.63. The number of rotatable bonds is 3. The Labute approximate surface area is 125 Å². The van der Waals surface area contributed by atoms with Gasteiger partial charge in [0.2, 0.25) is 8.13 Å². The molecule has 0 spiro atoms. The highest BCUT2D eigenvalue weighted by Gasteiger charge is 2.51. The molecule has 1 aromatic rings. The Hall–Kier alpha value is 0.590. The van der Waals surface area contributed by atoms with E-state index in [9.17, 15) is 0 Å². The zero-order valence-electron chi connectivity index (χ0n) is 9.52. The van der Waals surface area contributed by atoms with Crippen LogP contribution in [0.4, 0.5) is 0 Å². The smallest absolute Gasteiger partial charge is 0.228 e. The lowest BCUT2D eigenvalue weighted by Gasteiger charge is -2.28. The van der Waals surface area contributed by atoms with Gasteiger partial charge in [-0.15, -0.1) is 5.10 Å². The molecule has 0 aromatic carbocycles. The molecule has 0 aliphatic heterocycles. The molecule has 1 heterocycles. The van der Waals surface area contributed by atoms with Crippen LogP contribution in [0.3, 0.4) is 0 Å². The largest absolute Gasteiger partial charge is 0.246 e. The fraction of sp³-hybridized carbons (Fsp3) is 0.778. The molecule has 8 heteroatoms. The molecule has 1 rings (SSSR count). The maximum absolute atomic E-state index is 6.18. The van der Waals surface area contributed by atoms with Gasteiger partial charge in [-0.2, -0.15) is 0 Å². The molecular weight excluding hydrogens is 327 g/mol. The number of hydrogen-bond acceptors (Lipinski definition) is 2. The zero-order chi connectivity index (χ0) is 13.4. The monoisotopic (exact) mass is 337 g/mol. The Morgan fingerprint density at radius 1 is 1.18 bits per heavy atom. The van der Waals surface area contributed by atoms with Gasteiger partial charge in [-0.25, -0.2) is 4.68 Å². The summed E-state index contributed by atoms with van der Waals surface area (Å²) in [7, 11) is 0. The van der Waals surface area contributed by atoms with Crippen molar-refractivity contribution < 1.29 is 0 Å². The van der Waals surface area contributed by atoms with Gasteiger partial charge < -0.3 is 0 Å². The maximum atomic E-state index is 6.18. The summed E-state index contributed by atoms with van der Waals surface area (Å²) in [6, 6.07) is 0. The van der Waals surface area contributed by atoms with E-state index in [-0.39, 0.29) is 5.92 Å².